The van der Waals surface area contributed by atoms with Crippen LogP contribution in [0.25, 0.3) is 0 Å². The van der Waals surface area contributed by atoms with E-state index in [0.717, 1.165) is 24.2 Å². The SMILES string of the molecule is COc1ccc(C2(C(=O)N3CC(N(Cc4ccccn4)S(C)(=O)=O)C3)CC2)cc1. The van der Waals surface area contributed by atoms with Gasteiger partial charge in [-0.25, -0.2) is 8.42 Å². The number of pyridine rings is 1. The average molecular weight is 416 g/mol. The molecule has 2 aliphatic rings. The molecule has 1 aliphatic heterocycles. The lowest BCUT2D eigenvalue weighted by molar-refractivity contribution is -0.140. The molecule has 29 heavy (non-hydrogen) atoms. The molecule has 8 heteroatoms. The van der Waals surface area contributed by atoms with Crippen LogP contribution >= 0.6 is 0 Å². The average Bonchev–Trinajstić information content (AvgIpc) is 3.48. The summed E-state index contributed by atoms with van der Waals surface area (Å²) in [7, 11) is -1.79. The monoisotopic (exact) mass is 415 g/mol. The van der Waals surface area contributed by atoms with Crippen LogP contribution in [0.1, 0.15) is 24.1 Å². The summed E-state index contributed by atoms with van der Waals surface area (Å²) in [5, 5.41) is 0. The number of nitrogens with zero attached hydrogens (tertiary/aromatic N) is 3. The minimum atomic E-state index is -3.41. The van der Waals surface area contributed by atoms with Gasteiger partial charge in [0.05, 0.1) is 37.1 Å². The first-order valence-corrected chi connectivity index (χ1v) is 11.5. The van der Waals surface area contributed by atoms with Crippen molar-refractivity contribution in [2.75, 3.05) is 26.5 Å². The van der Waals surface area contributed by atoms with Crippen molar-refractivity contribution in [1.82, 2.24) is 14.2 Å². The number of carbonyl (C=O) groups excluding carboxylic acids is 1. The Morgan fingerprint density at radius 3 is 2.41 bits per heavy atom. The third-order valence-corrected chi connectivity index (χ3v) is 7.11. The summed E-state index contributed by atoms with van der Waals surface area (Å²) in [6.45, 7) is 1.04. The molecule has 1 aromatic heterocycles. The smallest absolute Gasteiger partial charge is 0.233 e. The molecular formula is C21H25N3O4S. The maximum atomic E-state index is 13.2. The summed E-state index contributed by atoms with van der Waals surface area (Å²) in [6.07, 6.45) is 4.50. The van der Waals surface area contributed by atoms with Crippen molar-refractivity contribution in [2.45, 2.75) is 30.8 Å². The number of methoxy groups -OCH3 is 1. The molecule has 0 unspecified atom stereocenters. The van der Waals surface area contributed by atoms with Gasteiger partial charge in [0.2, 0.25) is 15.9 Å². The fourth-order valence-corrected chi connectivity index (χ4v) is 4.98. The van der Waals surface area contributed by atoms with Crippen molar-refractivity contribution in [3.8, 4) is 5.75 Å². The minimum Gasteiger partial charge on any atom is -0.497 e. The number of hydrogen-bond acceptors (Lipinski definition) is 5. The standard InChI is InChI=1S/C21H25N3O4S/c1-28-19-8-6-16(7-9-19)21(10-11-21)20(25)23-14-18(15-23)24(29(2,26)27)13-17-5-3-4-12-22-17/h3-9,12,18H,10-11,13-15H2,1-2H3. The van der Waals surface area contributed by atoms with Gasteiger partial charge in [-0.3, -0.25) is 9.78 Å². The molecule has 7 nitrogen and oxygen atoms in total. The predicted molar refractivity (Wildman–Crippen MR) is 109 cm³/mol. The lowest BCUT2D eigenvalue weighted by Crippen LogP contribution is -2.63. The highest BCUT2D eigenvalue weighted by Gasteiger charge is 2.55. The Morgan fingerprint density at radius 1 is 1.21 bits per heavy atom. The molecule has 1 saturated carbocycles. The first kappa shape index (κ1) is 19.8. The zero-order chi connectivity index (χ0) is 20.6. The predicted octanol–water partition coefficient (Wildman–Crippen LogP) is 1.79. The molecule has 0 bridgehead atoms. The highest BCUT2D eigenvalue weighted by atomic mass is 32.2. The van der Waals surface area contributed by atoms with Gasteiger partial charge in [-0.2, -0.15) is 4.31 Å². The fraction of sp³-hybridized carbons (Fsp3) is 0.429. The Morgan fingerprint density at radius 2 is 1.90 bits per heavy atom. The maximum Gasteiger partial charge on any atom is 0.233 e. The third-order valence-electron chi connectivity index (χ3n) is 5.83. The number of likely N-dealkylation sites (tertiary alicyclic amines) is 1. The van der Waals surface area contributed by atoms with Crippen LogP contribution in [0.4, 0.5) is 0 Å². The van der Waals surface area contributed by atoms with Crippen LogP contribution in [0.15, 0.2) is 48.7 Å². The Balaban J connectivity index is 1.44. The van der Waals surface area contributed by atoms with E-state index in [1.165, 1.54) is 10.6 Å². The van der Waals surface area contributed by atoms with Crippen molar-refractivity contribution >= 4 is 15.9 Å². The van der Waals surface area contributed by atoms with E-state index < -0.39 is 15.4 Å². The Bertz CT molecular complexity index is 982. The molecule has 2 heterocycles. The van der Waals surface area contributed by atoms with Crippen molar-refractivity contribution in [3.63, 3.8) is 0 Å². The van der Waals surface area contributed by atoms with E-state index in [-0.39, 0.29) is 18.5 Å². The van der Waals surface area contributed by atoms with Crippen molar-refractivity contribution in [3.05, 3.63) is 59.9 Å². The van der Waals surface area contributed by atoms with E-state index in [1.807, 2.05) is 36.4 Å². The van der Waals surface area contributed by atoms with Gasteiger partial charge >= 0.3 is 0 Å². The number of rotatable bonds is 7. The molecular weight excluding hydrogens is 390 g/mol. The Hall–Kier alpha value is -2.45. The fourth-order valence-electron chi connectivity index (χ4n) is 3.94. The number of hydrogen-bond donors (Lipinski definition) is 0. The summed E-state index contributed by atoms with van der Waals surface area (Å²) in [4.78, 5) is 19.2. The summed E-state index contributed by atoms with van der Waals surface area (Å²) in [6, 6.07) is 12.9. The largest absolute Gasteiger partial charge is 0.497 e. The normalized spacial score (nSPS) is 18.4. The Labute approximate surface area is 171 Å². The molecule has 0 radical (unpaired) electrons. The van der Waals surface area contributed by atoms with Crippen LogP contribution < -0.4 is 4.74 Å². The quantitative estimate of drug-likeness (QED) is 0.689. The number of sulfonamides is 1. The Kier molecular flexibility index (Phi) is 5.08. The number of carbonyl (C=O) groups is 1. The number of ether oxygens (including phenoxy) is 1. The summed E-state index contributed by atoms with van der Waals surface area (Å²) in [5.41, 5.74) is 1.23. The second-order valence-corrected chi connectivity index (χ2v) is 9.74. The summed E-state index contributed by atoms with van der Waals surface area (Å²) < 4.78 is 31.3. The minimum absolute atomic E-state index is 0.0882. The van der Waals surface area contributed by atoms with Gasteiger partial charge in [-0.1, -0.05) is 18.2 Å². The van der Waals surface area contributed by atoms with E-state index in [9.17, 15) is 13.2 Å². The molecule has 1 saturated heterocycles. The second-order valence-electron chi connectivity index (χ2n) is 7.80. The first-order chi connectivity index (χ1) is 13.8. The van der Waals surface area contributed by atoms with Gasteiger partial charge in [0, 0.05) is 19.3 Å². The maximum absolute atomic E-state index is 13.2. The number of aromatic nitrogens is 1. The van der Waals surface area contributed by atoms with Crippen molar-refractivity contribution in [2.24, 2.45) is 0 Å². The van der Waals surface area contributed by atoms with Crippen LogP contribution in [-0.2, 0) is 26.8 Å². The molecule has 1 aromatic carbocycles. The highest BCUT2D eigenvalue weighted by molar-refractivity contribution is 7.88. The number of amides is 1. The zero-order valence-corrected chi connectivity index (χ0v) is 17.4. The van der Waals surface area contributed by atoms with Gasteiger partial charge in [-0.05, 0) is 42.7 Å². The summed E-state index contributed by atoms with van der Waals surface area (Å²) in [5.74, 6) is 0.851. The molecule has 4 rings (SSSR count). The van der Waals surface area contributed by atoms with E-state index >= 15 is 0 Å². The molecule has 0 spiro atoms. The first-order valence-electron chi connectivity index (χ1n) is 9.64. The van der Waals surface area contributed by atoms with Crippen LogP contribution in [-0.4, -0.2) is 61.0 Å². The molecule has 2 fully saturated rings. The van der Waals surface area contributed by atoms with Crippen LogP contribution in [0.3, 0.4) is 0 Å². The zero-order valence-electron chi connectivity index (χ0n) is 16.6. The highest BCUT2D eigenvalue weighted by Crippen LogP contribution is 2.50. The molecule has 0 atom stereocenters. The van der Waals surface area contributed by atoms with Gasteiger partial charge in [0.1, 0.15) is 5.75 Å². The van der Waals surface area contributed by atoms with Crippen LogP contribution in [0, 0.1) is 0 Å². The molecule has 154 valence electrons. The summed E-state index contributed by atoms with van der Waals surface area (Å²) >= 11 is 0. The van der Waals surface area contributed by atoms with Gasteiger partial charge in [-0.15, -0.1) is 0 Å². The molecule has 0 N–H and O–H groups in total. The van der Waals surface area contributed by atoms with Gasteiger partial charge < -0.3 is 9.64 Å². The van der Waals surface area contributed by atoms with E-state index in [1.54, 1.807) is 24.3 Å². The van der Waals surface area contributed by atoms with E-state index in [0.29, 0.717) is 18.8 Å². The topological polar surface area (TPSA) is 79.8 Å². The van der Waals surface area contributed by atoms with Gasteiger partial charge in [0.25, 0.3) is 0 Å². The van der Waals surface area contributed by atoms with Crippen LogP contribution in [0.5, 0.6) is 5.75 Å². The van der Waals surface area contributed by atoms with Crippen molar-refractivity contribution < 1.29 is 17.9 Å². The lowest BCUT2D eigenvalue weighted by atomic mass is 9.92. The van der Waals surface area contributed by atoms with E-state index in [4.69, 9.17) is 4.74 Å². The van der Waals surface area contributed by atoms with Crippen molar-refractivity contribution in [1.29, 1.82) is 0 Å². The van der Waals surface area contributed by atoms with Crippen LogP contribution in [0.2, 0.25) is 0 Å². The lowest BCUT2D eigenvalue weighted by Gasteiger charge is -2.45. The molecule has 2 aromatic rings. The second kappa shape index (κ2) is 7.42. The molecule has 1 amide bonds. The third kappa shape index (κ3) is 3.86. The number of benzene rings is 1. The van der Waals surface area contributed by atoms with Gasteiger partial charge in [0.15, 0.2) is 0 Å². The molecule has 1 aliphatic carbocycles. The van der Waals surface area contributed by atoms with E-state index in [2.05, 4.69) is 4.98 Å².